The van der Waals surface area contributed by atoms with Crippen molar-refractivity contribution in [2.45, 2.75) is 6.54 Å². The van der Waals surface area contributed by atoms with Crippen LogP contribution in [0.25, 0.3) is 10.2 Å². The van der Waals surface area contributed by atoms with Crippen LogP contribution >= 0.6 is 11.3 Å². The maximum atomic E-state index is 13.0. The van der Waals surface area contributed by atoms with E-state index in [0.29, 0.717) is 16.9 Å². The topological polar surface area (TPSA) is 43.6 Å². The van der Waals surface area contributed by atoms with Gasteiger partial charge in [0, 0.05) is 12.1 Å². The predicted octanol–water partition coefficient (Wildman–Crippen LogP) is 3.78. The molecule has 0 radical (unpaired) electrons. The standard InChI is InChI=1S/C18H15FN2O2S/c1-3-10-21-15-9-8-14(23-2)11-16(15)24-18(21)20-17(22)12-4-6-13(19)7-5-12/h3-9,11H,1,10H2,2H3. The van der Waals surface area contributed by atoms with E-state index in [2.05, 4.69) is 11.6 Å². The lowest BCUT2D eigenvalue weighted by molar-refractivity contribution is 0.0998. The van der Waals surface area contributed by atoms with Gasteiger partial charge in [0.05, 0.1) is 17.3 Å². The molecule has 1 amide bonds. The number of carbonyl (C=O) groups excluding carboxylic acids is 1. The fraction of sp³-hybridized carbons (Fsp3) is 0.111. The van der Waals surface area contributed by atoms with Crippen molar-refractivity contribution in [3.8, 4) is 5.75 Å². The van der Waals surface area contributed by atoms with Crippen LogP contribution < -0.4 is 9.54 Å². The minimum atomic E-state index is -0.411. The monoisotopic (exact) mass is 342 g/mol. The summed E-state index contributed by atoms with van der Waals surface area (Å²) in [5.41, 5.74) is 1.29. The first kappa shape index (κ1) is 16.1. The van der Waals surface area contributed by atoms with Gasteiger partial charge < -0.3 is 9.30 Å². The first-order chi connectivity index (χ1) is 11.6. The molecule has 3 aromatic rings. The number of hydrogen-bond donors (Lipinski definition) is 0. The number of thiazole rings is 1. The molecule has 6 heteroatoms. The summed E-state index contributed by atoms with van der Waals surface area (Å²) in [5, 5.41) is 0. The van der Waals surface area contributed by atoms with Gasteiger partial charge in [-0.2, -0.15) is 4.99 Å². The minimum absolute atomic E-state index is 0.344. The van der Waals surface area contributed by atoms with Gasteiger partial charge in [-0.25, -0.2) is 4.39 Å². The van der Waals surface area contributed by atoms with Gasteiger partial charge in [-0.3, -0.25) is 4.79 Å². The maximum absolute atomic E-state index is 13.0. The Kier molecular flexibility index (Phi) is 4.57. The van der Waals surface area contributed by atoms with Gasteiger partial charge in [0.2, 0.25) is 0 Å². The third-order valence-corrected chi connectivity index (χ3v) is 4.53. The number of rotatable bonds is 4. The number of carbonyl (C=O) groups is 1. The Hall–Kier alpha value is -2.73. The van der Waals surface area contributed by atoms with Gasteiger partial charge in [0.15, 0.2) is 4.80 Å². The van der Waals surface area contributed by atoms with Gasteiger partial charge >= 0.3 is 0 Å². The fourth-order valence-electron chi connectivity index (χ4n) is 2.32. The van der Waals surface area contributed by atoms with E-state index in [4.69, 9.17) is 4.74 Å². The Morgan fingerprint density at radius 3 is 2.75 bits per heavy atom. The Morgan fingerprint density at radius 1 is 1.33 bits per heavy atom. The average Bonchev–Trinajstić information content (AvgIpc) is 2.92. The zero-order chi connectivity index (χ0) is 17.1. The quantitative estimate of drug-likeness (QED) is 0.677. The molecule has 0 fully saturated rings. The highest BCUT2D eigenvalue weighted by Crippen LogP contribution is 2.23. The number of benzene rings is 2. The Bertz CT molecular complexity index is 971. The zero-order valence-corrected chi connectivity index (χ0v) is 13.8. The van der Waals surface area contributed by atoms with Crippen LogP contribution in [-0.2, 0) is 6.54 Å². The average molecular weight is 342 g/mol. The van der Waals surface area contributed by atoms with Crippen molar-refractivity contribution in [1.29, 1.82) is 0 Å². The van der Waals surface area contributed by atoms with E-state index in [0.717, 1.165) is 16.0 Å². The number of aromatic nitrogens is 1. The van der Waals surface area contributed by atoms with E-state index >= 15 is 0 Å². The Balaban J connectivity index is 2.12. The van der Waals surface area contributed by atoms with Crippen LogP contribution in [0.1, 0.15) is 10.4 Å². The highest BCUT2D eigenvalue weighted by molar-refractivity contribution is 7.16. The molecule has 122 valence electrons. The summed E-state index contributed by atoms with van der Waals surface area (Å²) in [6, 6.07) is 11.0. The van der Waals surface area contributed by atoms with Crippen LogP contribution in [0.15, 0.2) is 60.1 Å². The third kappa shape index (κ3) is 3.14. The van der Waals surface area contributed by atoms with Gasteiger partial charge in [0.25, 0.3) is 5.91 Å². The summed E-state index contributed by atoms with van der Waals surface area (Å²) >= 11 is 1.39. The molecule has 0 aliphatic rings. The molecule has 4 nitrogen and oxygen atoms in total. The highest BCUT2D eigenvalue weighted by Gasteiger charge is 2.09. The predicted molar refractivity (Wildman–Crippen MR) is 92.9 cm³/mol. The minimum Gasteiger partial charge on any atom is -0.497 e. The lowest BCUT2D eigenvalue weighted by Crippen LogP contribution is -2.16. The summed E-state index contributed by atoms with van der Waals surface area (Å²) in [4.78, 5) is 17.1. The molecule has 3 rings (SSSR count). The Labute approximate surface area is 142 Å². The molecule has 0 aliphatic carbocycles. The lowest BCUT2D eigenvalue weighted by atomic mass is 10.2. The van der Waals surface area contributed by atoms with Crippen LogP contribution in [0.3, 0.4) is 0 Å². The molecule has 0 atom stereocenters. The summed E-state index contributed by atoms with van der Waals surface area (Å²) in [6.07, 6.45) is 1.75. The van der Waals surface area contributed by atoms with Crippen LogP contribution in [-0.4, -0.2) is 17.6 Å². The second-order valence-corrected chi connectivity index (χ2v) is 6.05. The highest BCUT2D eigenvalue weighted by atomic mass is 32.1. The molecule has 1 heterocycles. The molecule has 0 saturated heterocycles. The maximum Gasteiger partial charge on any atom is 0.279 e. The van der Waals surface area contributed by atoms with Crippen molar-refractivity contribution < 1.29 is 13.9 Å². The smallest absolute Gasteiger partial charge is 0.279 e. The normalized spacial score (nSPS) is 11.7. The number of halogens is 1. The first-order valence-electron chi connectivity index (χ1n) is 7.25. The largest absolute Gasteiger partial charge is 0.497 e. The summed E-state index contributed by atoms with van der Waals surface area (Å²) < 4.78 is 21.1. The van der Waals surface area contributed by atoms with Gasteiger partial charge in [-0.15, -0.1) is 6.58 Å². The van der Waals surface area contributed by atoms with Crippen molar-refractivity contribution in [2.75, 3.05) is 7.11 Å². The van der Waals surface area contributed by atoms with E-state index in [-0.39, 0.29) is 5.82 Å². The zero-order valence-electron chi connectivity index (χ0n) is 13.0. The van der Waals surface area contributed by atoms with Crippen LogP contribution in [0.5, 0.6) is 5.75 Å². The Morgan fingerprint density at radius 2 is 2.08 bits per heavy atom. The number of allylic oxidation sites excluding steroid dienone is 1. The van der Waals surface area contributed by atoms with Crippen LogP contribution in [0.4, 0.5) is 4.39 Å². The lowest BCUT2D eigenvalue weighted by Gasteiger charge is -2.02. The molecule has 24 heavy (non-hydrogen) atoms. The summed E-state index contributed by atoms with van der Waals surface area (Å²) in [5.74, 6) is -0.0560. The SMILES string of the molecule is C=CCn1c(=NC(=O)c2ccc(F)cc2)sc2cc(OC)ccc21. The van der Waals surface area contributed by atoms with Gasteiger partial charge in [0.1, 0.15) is 11.6 Å². The molecule has 1 aromatic heterocycles. The van der Waals surface area contributed by atoms with Crippen molar-refractivity contribution in [2.24, 2.45) is 4.99 Å². The van der Waals surface area contributed by atoms with Crippen molar-refractivity contribution >= 4 is 27.5 Å². The molecule has 2 aromatic carbocycles. The second-order valence-electron chi connectivity index (χ2n) is 5.04. The molecular weight excluding hydrogens is 327 g/mol. The van der Waals surface area contributed by atoms with E-state index in [1.165, 1.54) is 35.6 Å². The molecule has 0 unspecified atom stereocenters. The van der Waals surface area contributed by atoms with Crippen molar-refractivity contribution in [1.82, 2.24) is 4.57 Å². The molecule has 0 bridgehead atoms. The van der Waals surface area contributed by atoms with Crippen molar-refractivity contribution in [3.05, 3.63) is 71.3 Å². The van der Waals surface area contributed by atoms with Gasteiger partial charge in [-0.05, 0) is 42.5 Å². The number of amides is 1. The third-order valence-electron chi connectivity index (χ3n) is 3.49. The van der Waals surface area contributed by atoms with E-state index in [1.54, 1.807) is 13.2 Å². The number of hydrogen-bond acceptors (Lipinski definition) is 3. The number of methoxy groups -OCH3 is 1. The van der Waals surface area contributed by atoms with Gasteiger partial charge in [-0.1, -0.05) is 17.4 Å². The first-order valence-corrected chi connectivity index (χ1v) is 8.07. The summed E-state index contributed by atoms with van der Waals surface area (Å²) in [6.45, 7) is 4.28. The number of ether oxygens (including phenoxy) is 1. The summed E-state index contributed by atoms with van der Waals surface area (Å²) in [7, 11) is 1.61. The van der Waals surface area contributed by atoms with Crippen molar-refractivity contribution in [3.63, 3.8) is 0 Å². The second kappa shape index (κ2) is 6.80. The molecule has 0 aliphatic heterocycles. The molecular formula is C18H15FN2O2S. The molecule has 0 N–H and O–H groups in total. The number of nitrogens with zero attached hydrogens (tertiary/aromatic N) is 2. The van der Waals surface area contributed by atoms with Crippen LogP contribution in [0.2, 0.25) is 0 Å². The van der Waals surface area contributed by atoms with E-state index < -0.39 is 5.91 Å². The van der Waals surface area contributed by atoms with Crippen LogP contribution in [0, 0.1) is 5.82 Å². The molecule has 0 spiro atoms. The fourth-order valence-corrected chi connectivity index (χ4v) is 3.38. The van der Waals surface area contributed by atoms with E-state index in [9.17, 15) is 9.18 Å². The van der Waals surface area contributed by atoms with E-state index in [1.807, 2.05) is 22.8 Å². The number of fused-ring (bicyclic) bond motifs is 1. The molecule has 0 saturated carbocycles.